The smallest absolute Gasteiger partial charge is 0.253 e. The molecule has 0 radical (unpaired) electrons. The third kappa shape index (κ3) is 3.66. The number of benzene rings is 2. The van der Waals surface area contributed by atoms with Gasteiger partial charge in [0.25, 0.3) is 5.91 Å². The maximum Gasteiger partial charge on any atom is 0.253 e. The van der Waals surface area contributed by atoms with Gasteiger partial charge in [-0.25, -0.2) is 13.8 Å². The monoisotopic (exact) mass is 429 g/mol. The second-order valence-electron chi connectivity index (χ2n) is 7.89. The van der Waals surface area contributed by atoms with Gasteiger partial charge in [-0.15, -0.1) is 0 Å². The van der Waals surface area contributed by atoms with Gasteiger partial charge in [-0.1, -0.05) is 17.7 Å². The molecular weight excluding hydrogens is 412 g/mol. The van der Waals surface area contributed by atoms with Gasteiger partial charge in [0.1, 0.15) is 17.5 Å². The van der Waals surface area contributed by atoms with Crippen molar-refractivity contribution >= 4 is 34.7 Å². The van der Waals surface area contributed by atoms with E-state index in [0.717, 1.165) is 12.1 Å². The third-order valence-corrected chi connectivity index (χ3v) is 4.72. The summed E-state index contributed by atoms with van der Waals surface area (Å²) in [5.74, 6) is -1.97. The maximum absolute atomic E-state index is 14.4. The number of aromatic amines is 1. The Morgan fingerprint density at radius 1 is 1.17 bits per heavy atom. The van der Waals surface area contributed by atoms with Crippen molar-refractivity contribution in [2.75, 3.05) is 5.32 Å². The number of aliphatic imine (C=N–C) groups is 1. The predicted octanol–water partition coefficient (Wildman–Crippen LogP) is 5.04. The number of carbonyl (C=O) groups excluding carboxylic acids is 1. The molecule has 2 aromatic carbocycles. The van der Waals surface area contributed by atoms with Crippen molar-refractivity contribution in [2.24, 2.45) is 4.99 Å². The average Bonchev–Trinajstić information content (AvgIpc) is 3.03. The molecule has 6 nitrogen and oxygen atoms in total. The molecule has 2 heterocycles. The summed E-state index contributed by atoms with van der Waals surface area (Å²) in [7, 11) is 0. The quantitative estimate of drug-likeness (QED) is 0.533. The summed E-state index contributed by atoms with van der Waals surface area (Å²) < 4.78 is 28.9. The highest BCUT2D eigenvalue weighted by Gasteiger charge is 2.26. The van der Waals surface area contributed by atoms with Crippen LogP contribution in [-0.2, 0) is 0 Å². The van der Waals surface area contributed by atoms with Crippen LogP contribution in [0.3, 0.4) is 0 Å². The number of anilines is 1. The summed E-state index contributed by atoms with van der Waals surface area (Å²) in [6, 6.07) is 6.65. The van der Waals surface area contributed by atoms with Crippen molar-refractivity contribution < 1.29 is 13.6 Å². The van der Waals surface area contributed by atoms with Gasteiger partial charge >= 0.3 is 0 Å². The summed E-state index contributed by atoms with van der Waals surface area (Å²) in [5, 5.41) is 12.8. The minimum absolute atomic E-state index is 0.0449. The zero-order valence-corrected chi connectivity index (χ0v) is 17.2. The van der Waals surface area contributed by atoms with Gasteiger partial charge in [0.2, 0.25) is 0 Å². The number of H-pyrrole nitrogens is 1. The van der Waals surface area contributed by atoms with E-state index in [2.05, 4.69) is 25.8 Å². The van der Waals surface area contributed by atoms with E-state index < -0.39 is 17.2 Å². The molecule has 1 amide bonds. The van der Waals surface area contributed by atoms with Crippen molar-refractivity contribution in [3.8, 4) is 11.3 Å². The molecule has 30 heavy (non-hydrogen) atoms. The van der Waals surface area contributed by atoms with E-state index in [9.17, 15) is 13.6 Å². The molecule has 154 valence electrons. The summed E-state index contributed by atoms with van der Waals surface area (Å²) >= 11 is 6.39. The summed E-state index contributed by atoms with van der Waals surface area (Å²) in [6.07, 6.45) is 1.48. The summed E-state index contributed by atoms with van der Waals surface area (Å²) in [6.45, 7) is 5.54. The molecule has 4 rings (SSSR count). The molecule has 3 aromatic rings. The van der Waals surface area contributed by atoms with Gasteiger partial charge in [-0.05, 0) is 45.0 Å². The highest BCUT2D eigenvalue weighted by atomic mass is 35.5. The van der Waals surface area contributed by atoms with E-state index in [1.54, 1.807) is 6.07 Å². The molecule has 0 aliphatic carbocycles. The fourth-order valence-electron chi connectivity index (χ4n) is 3.14. The topological polar surface area (TPSA) is 82.2 Å². The van der Waals surface area contributed by atoms with E-state index in [4.69, 9.17) is 11.6 Å². The first-order chi connectivity index (χ1) is 14.1. The second-order valence-corrected chi connectivity index (χ2v) is 8.30. The normalized spacial score (nSPS) is 12.9. The van der Waals surface area contributed by atoms with Crippen molar-refractivity contribution in [3.63, 3.8) is 0 Å². The number of rotatable bonds is 2. The molecule has 0 unspecified atom stereocenters. The molecule has 1 aromatic heterocycles. The van der Waals surface area contributed by atoms with E-state index in [1.807, 2.05) is 20.8 Å². The Balaban J connectivity index is 1.92. The Morgan fingerprint density at radius 3 is 2.53 bits per heavy atom. The van der Waals surface area contributed by atoms with Crippen LogP contribution in [0.1, 0.15) is 36.7 Å². The molecule has 0 fully saturated rings. The SMILES string of the molecule is CC(C)(C)NC(=O)c1cc2c(cc1Cl)-c1[nH]ncc1NC(c1c(F)cccc1F)=N2. The molecule has 0 saturated carbocycles. The van der Waals surface area contributed by atoms with E-state index in [0.29, 0.717) is 22.6 Å². The Kier molecular flexibility index (Phi) is 4.82. The van der Waals surface area contributed by atoms with Crippen LogP contribution in [0.2, 0.25) is 5.02 Å². The van der Waals surface area contributed by atoms with E-state index >= 15 is 0 Å². The maximum atomic E-state index is 14.4. The number of amidine groups is 1. The largest absolute Gasteiger partial charge is 0.347 e. The number of halogens is 3. The Bertz CT molecular complexity index is 1180. The lowest BCUT2D eigenvalue weighted by molar-refractivity contribution is 0.0919. The molecular formula is C21H18ClF2N5O. The number of hydrogen-bond donors (Lipinski definition) is 3. The van der Waals surface area contributed by atoms with Crippen molar-refractivity contribution in [1.82, 2.24) is 15.5 Å². The number of carbonyl (C=O) groups is 1. The van der Waals surface area contributed by atoms with Crippen LogP contribution in [-0.4, -0.2) is 27.5 Å². The third-order valence-electron chi connectivity index (χ3n) is 4.41. The van der Waals surface area contributed by atoms with Gasteiger partial charge < -0.3 is 10.6 Å². The number of hydrogen-bond acceptors (Lipinski definition) is 4. The zero-order chi connectivity index (χ0) is 21.6. The Hall–Kier alpha value is -3.26. The first kappa shape index (κ1) is 20.0. The molecule has 1 aliphatic rings. The van der Waals surface area contributed by atoms with Gasteiger partial charge in [-0.3, -0.25) is 9.89 Å². The molecule has 9 heteroatoms. The van der Waals surface area contributed by atoms with Crippen molar-refractivity contribution in [3.05, 3.63) is 64.3 Å². The fourth-order valence-corrected chi connectivity index (χ4v) is 3.39. The van der Waals surface area contributed by atoms with Crippen LogP contribution in [0, 0.1) is 11.6 Å². The standard InChI is InChI=1S/C21H18ClF2N5O/c1-21(2,3)28-20(30)10-8-15-11(7-12(10)22)18-16(9-25-29-18)27-19(26-15)17-13(23)5-4-6-14(17)24/h4-9H,1-3H3,(H,25,29)(H,26,27)(H,28,30). The van der Waals surface area contributed by atoms with Crippen LogP contribution < -0.4 is 10.6 Å². The molecule has 0 bridgehead atoms. The Labute approximate surface area is 176 Å². The van der Waals surface area contributed by atoms with Crippen molar-refractivity contribution in [1.29, 1.82) is 0 Å². The van der Waals surface area contributed by atoms with Crippen LogP contribution in [0.5, 0.6) is 0 Å². The van der Waals surface area contributed by atoms with Gasteiger partial charge in [0, 0.05) is 11.1 Å². The number of fused-ring (bicyclic) bond motifs is 3. The lowest BCUT2D eigenvalue weighted by Crippen LogP contribution is -2.40. The predicted molar refractivity (Wildman–Crippen MR) is 112 cm³/mol. The minimum Gasteiger partial charge on any atom is -0.347 e. The number of amides is 1. The summed E-state index contributed by atoms with van der Waals surface area (Å²) in [5.41, 5.74) is 1.27. The van der Waals surface area contributed by atoms with Gasteiger partial charge in [0.05, 0.1) is 39.4 Å². The fraction of sp³-hybridized carbons (Fsp3) is 0.190. The molecule has 0 atom stereocenters. The first-order valence-corrected chi connectivity index (χ1v) is 9.52. The molecule has 3 N–H and O–H groups in total. The van der Waals surface area contributed by atoms with Crippen LogP contribution in [0.4, 0.5) is 20.2 Å². The second kappa shape index (κ2) is 7.21. The number of nitrogens with zero attached hydrogens (tertiary/aromatic N) is 2. The average molecular weight is 430 g/mol. The zero-order valence-electron chi connectivity index (χ0n) is 16.4. The summed E-state index contributed by atoms with van der Waals surface area (Å²) in [4.78, 5) is 17.1. The number of aromatic nitrogens is 2. The number of nitrogens with one attached hydrogen (secondary N) is 3. The van der Waals surface area contributed by atoms with Crippen LogP contribution >= 0.6 is 11.6 Å². The van der Waals surface area contributed by atoms with Gasteiger partial charge in [-0.2, -0.15) is 5.10 Å². The van der Waals surface area contributed by atoms with Crippen molar-refractivity contribution in [2.45, 2.75) is 26.3 Å². The highest BCUT2D eigenvalue weighted by molar-refractivity contribution is 6.34. The molecule has 0 saturated heterocycles. The lowest BCUT2D eigenvalue weighted by Gasteiger charge is -2.21. The molecule has 1 aliphatic heterocycles. The Morgan fingerprint density at radius 2 is 1.87 bits per heavy atom. The van der Waals surface area contributed by atoms with E-state index in [1.165, 1.54) is 18.3 Å². The van der Waals surface area contributed by atoms with Crippen LogP contribution in [0.25, 0.3) is 11.3 Å². The van der Waals surface area contributed by atoms with E-state index in [-0.39, 0.29) is 27.9 Å². The minimum atomic E-state index is -0.769. The first-order valence-electron chi connectivity index (χ1n) is 9.14. The molecule has 0 spiro atoms. The van der Waals surface area contributed by atoms with Crippen LogP contribution in [0.15, 0.2) is 41.5 Å². The highest BCUT2D eigenvalue weighted by Crippen LogP contribution is 2.40. The lowest BCUT2D eigenvalue weighted by atomic mass is 10.0. The van der Waals surface area contributed by atoms with Gasteiger partial charge in [0.15, 0.2) is 0 Å².